The van der Waals surface area contributed by atoms with E-state index in [0.717, 1.165) is 5.69 Å². The third-order valence-corrected chi connectivity index (χ3v) is 2.95. The predicted octanol–water partition coefficient (Wildman–Crippen LogP) is 1.48. The van der Waals surface area contributed by atoms with Gasteiger partial charge in [0.2, 0.25) is 0 Å². The van der Waals surface area contributed by atoms with Crippen LogP contribution in [0.5, 0.6) is 0 Å². The van der Waals surface area contributed by atoms with E-state index in [2.05, 4.69) is 36.8 Å². The Labute approximate surface area is 85.6 Å². The Morgan fingerprint density at radius 3 is 2.14 bits per heavy atom. The van der Waals surface area contributed by atoms with Gasteiger partial charge in [-0.1, -0.05) is 20.8 Å². The standard InChI is InChI=1S/C10H16N2OS/c1-10(2,3)8-6-7-9(12-11-8)14(4,5)13/h6-7H,4H2,1-3,5H3. The Bertz CT molecular complexity index is 412. The molecule has 1 atom stereocenters. The highest BCUT2D eigenvalue weighted by Crippen LogP contribution is 2.19. The number of aromatic nitrogens is 2. The van der Waals surface area contributed by atoms with Gasteiger partial charge in [-0.2, -0.15) is 5.10 Å². The fraction of sp³-hybridized carbons (Fsp3) is 0.500. The first kappa shape index (κ1) is 11.2. The first-order valence-electron chi connectivity index (χ1n) is 4.38. The SMILES string of the molecule is C=S(C)(=O)c1ccc(C(C)(C)C)nn1. The minimum atomic E-state index is -2.24. The van der Waals surface area contributed by atoms with E-state index in [1.54, 1.807) is 12.3 Å². The molecule has 0 fully saturated rings. The molecule has 1 heterocycles. The van der Waals surface area contributed by atoms with Crippen LogP contribution in [0.2, 0.25) is 0 Å². The lowest BCUT2D eigenvalue weighted by molar-refractivity contribution is 0.553. The van der Waals surface area contributed by atoms with E-state index in [9.17, 15) is 4.21 Å². The summed E-state index contributed by atoms with van der Waals surface area (Å²) in [7, 11) is -2.24. The van der Waals surface area contributed by atoms with Gasteiger partial charge in [-0.05, 0) is 18.0 Å². The zero-order chi connectivity index (χ0) is 11.0. The molecule has 0 spiro atoms. The highest BCUT2D eigenvalue weighted by Gasteiger charge is 2.16. The van der Waals surface area contributed by atoms with Crippen LogP contribution in [0.3, 0.4) is 0 Å². The van der Waals surface area contributed by atoms with Gasteiger partial charge in [0.15, 0.2) is 0 Å². The minimum absolute atomic E-state index is 0.0265. The van der Waals surface area contributed by atoms with Crippen molar-refractivity contribution in [2.75, 3.05) is 6.26 Å². The molecule has 1 unspecified atom stereocenters. The molecule has 4 heteroatoms. The van der Waals surface area contributed by atoms with Crippen LogP contribution in [0.4, 0.5) is 0 Å². The van der Waals surface area contributed by atoms with Crippen molar-refractivity contribution in [1.29, 1.82) is 0 Å². The van der Waals surface area contributed by atoms with Crippen molar-refractivity contribution in [2.45, 2.75) is 31.2 Å². The van der Waals surface area contributed by atoms with E-state index < -0.39 is 9.52 Å². The summed E-state index contributed by atoms with van der Waals surface area (Å²) in [4.78, 5) is 0. The number of hydrogen-bond acceptors (Lipinski definition) is 3. The monoisotopic (exact) mass is 212 g/mol. The zero-order valence-corrected chi connectivity index (χ0v) is 9.89. The molecule has 3 nitrogen and oxygen atoms in total. The fourth-order valence-corrected chi connectivity index (χ4v) is 1.52. The van der Waals surface area contributed by atoms with Gasteiger partial charge in [-0.25, -0.2) is 0 Å². The van der Waals surface area contributed by atoms with Crippen LogP contribution in [-0.4, -0.2) is 26.5 Å². The Balaban J connectivity index is 3.14. The summed E-state index contributed by atoms with van der Waals surface area (Å²) in [6, 6.07) is 3.60. The first-order chi connectivity index (χ1) is 6.21. The fourth-order valence-electron chi connectivity index (χ4n) is 0.950. The highest BCUT2D eigenvalue weighted by molar-refractivity contribution is 7.99. The van der Waals surface area contributed by atoms with E-state index in [1.807, 2.05) is 6.07 Å². The average Bonchev–Trinajstić information content (AvgIpc) is 2.01. The van der Waals surface area contributed by atoms with Crippen LogP contribution in [0.1, 0.15) is 26.5 Å². The summed E-state index contributed by atoms with van der Waals surface area (Å²) < 4.78 is 11.5. The van der Waals surface area contributed by atoms with Gasteiger partial charge in [0.1, 0.15) is 5.03 Å². The largest absolute Gasteiger partial charge is 0.262 e. The van der Waals surface area contributed by atoms with Crippen molar-refractivity contribution < 1.29 is 4.21 Å². The molecule has 0 aliphatic heterocycles. The molecule has 14 heavy (non-hydrogen) atoms. The molecule has 0 bridgehead atoms. The molecule has 1 aromatic rings. The molecule has 78 valence electrons. The van der Waals surface area contributed by atoms with E-state index in [4.69, 9.17) is 0 Å². The summed E-state index contributed by atoms with van der Waals surface area (Å²) >= 11 is 0. The van der Waals surface area contributed by atoms with Crippen LogP contribution < -0.4 is 0 Å². The first-order valence-corrected chi connectivity index (χ1v) is 6.51. The molecular formula is C10H16N2OS. The molecular weight excluding hydrogens is 196 g/mol. The third-order valence-electron chi connectivity index (χ3n) is 1.85. The van der Waals surface area contributed by atoms with Gasteiger partial charge in [0.25, 0.3) is 0 Å². The summed E-state index contributed by atoms with van der Waals surface area (Å²) in [5.74, 6) is 3.56. The van der Waals surface area contributed by atoms with Crippen molar-refractivity contribution in [3.05, 3.63) is 17.8 Å². The van der Waals surface area contributed by atoms with Gasteiger partial charge in [-0.15, -0.1) is 5.10 Å². The number of rotatable bonds is 1. The maximum absolute atomic E-state index is 11.5. The van der Waals surface area contributed by atoms with E-state index >= 15 is 0 Å². The third kappa shape index (κ3) is 2.54. The van der Waals surface area contributed by atoms with Crippen molar-refractivity contribution >= 4 is 15.4 Å². The predicted molar refractivity (Wildman–Crippen MR) is 60.2 cm³/mol. The second kappa shape index (κ2) is 3.35. The Kier molecular flexibility index (Phi) is 2.67. The molecule has 0 aromatic carbocycles. The van der Waals surface area contributed by atoms with Crippen LogP contribution in [0.15, 0.2) is 17.2 Å². The van der Waals surface area contributed by atoms with Crippen LogP contribution in [0.25, 0.3) is 0 Å². The molecule has 0 radical (unpaired) electrons. The van der Waals surface area contributed by atoms with Crippen LogP contribution in [0, 0.1) is 0 Å². The van der Waals surface area contributed by atoms with Gasteiger partial charge in [0.05, 0.1) is 5.69 Å². The number of hydrogen-bond donors (Lipinski definition) is 0. The lowest BCUT2D eigenvalue weighted by Crippen LogP contribution is -2.15. The smallest absolute Gasteiger partial charge is 0.141 e. The second-order valence-corrected chi connectivity index (χ2v) is 6.94. The molecule has 0 saturated carbocycles. The Morgan fingerprint density at radius 1 is 1.29 bits per heavy atom. The molecule has 1 aromatic heterocycles. The molecule has 0 N–H and O–H groups in total. The summed E-state index contributed by atoms with van der Waals surface area (Å²) in [5, 5.41) is 8.44. The van der Waals surface area contributed by atoms with E-state index in [-0.39, 0.29) is 5.41 Å². The highest BCUT2D eigenvalue weighted by atomic mass is 32.2. The van der Waals surface area contributed by atoms with Crippen molar-refractivity contribution in [3.8, 4) is 0 Å². The topological polar surface area (TPSA) is 42.9 Å². The van der Waals surface area contributed by atoms with Gasteiger partial charge in [0, 0.05) is 21.2 Å². The Morgan fingerprint density at radius 2 is 1.86 bits per heavy atom. The van der Waals surface area contributed by atoms with Crippen LogP contribution in [-0.2, 0) is 14.9 Å². The van der Waals surface area contributed by atoms with Crippen molar-refractivity contribution in [1.82, 2.24) is 10.2 Å². The van der Waals surface area contributed by atoms with Gasteiger partial charge >= 0.3 is 0 Å². The van der Waals surface area contributed by atoms with Gasteiger partial charge < -0.3 is 0 Å². The minimum Gasteiger partial charge on any atom is -0.262 e. The van der Waals surface area contributed by atoms with Crippen molar-refractivity contribution in [2.24, 2.45) is 0 Å². The summed E-state index contributed by atoms with van der Waals surface area (Å²) in [6.45, 7) is 6.18. The van der Waals surface area contributed by atoms with Gasteiger partial charge in [-0.3, -0.25) is 4.21 Å². The van der Waals surface area contributed by atoms with E-state index in [1.165, 1.54) is 0 Å². The van der Waals surface area contributed by atoms with E-state index in [0.29, 0.717) is 5.03 Å². The average molecular weight is 212 g/mol. The zero-order valence-electron chi connectivity index (χ0n) is 9.07. The second-order valence-electron chi connectivity index (χ2n) is 4.51. The molecule has 0 saturated heterocycles. The van der Waals surface area contributed by atoms with Crippen molar-refractivity contribution in [3.63, 3.8) is 0 Å². The summed E-state index contributed by atoms with van der Waals surface area (Å²) in [6.07, 6.45) is 1.56. The summed E-state index contributed by atoms with van der Waals surface area (Å²) in [5.41, 5.74) is 0.867. The molecule has 0 aliphatic carbocycles. The Hall–Kier alpha value is -0.900. The quantitative estimate of drug-likeness (QED) is 0.662. The lowest BCUT2D eigenvalue weighted by atomic mass is 9.92. The molecule has 0 aliphatic rings. The maximum atomic E-state index is 11.5. The lowest BCUT2D eigenvalue weighted by Gasteiger charge is -2.16. The maximum Gasteiger partial charge on any atom is 0.141 e. The molecule has 1 rings (SSSR count). The molecule has 0 amide bonds. The normalized spacial score (nSPS) is 16.3. The van der Waals surface area contributed by atoms with Crippen LogP contribution >= 0.6 is 0 Å². The number of nitrogens with zero attached hydrogens (tertiary/aromatic N) is 2.